The summed E-state index contributed by atoms with van der Waals surface area (Å²) in [7, 11) is 4.09. The fraction of sp³-hybridized carbons (Fsp3) is 0.875. The number of ketones is 1. The van der Waals surface area contributed by atoms with Gasteiger partial charge < -0.3 is 4.90 Å². The molecule has 1 aliphatic carbocycles. The molecule has 0 spiro atoms. The molecule has 0 amide bonds. The Balaban J connectivity index is 2.39. The van der Waals surface area contributed by atoms with Crippen molar-refractivity contribution in [1.82, 2.24) is 4.90 Å². The maximum Gasteiger partial charge on any atom is 0.134 e. The highest BCUT2D eigenvalue weighted by molar-refractivity contribution is 5.79. The van der Waals surface area contributed by atoms with Gasteiger partial charge in [-0.1, -0.05) is 0 Å². The van der Waals surface area contributed by atoms with Gasteiger partial charge in [-0.3, -0.25) is 4.79 Å². The molecule has 58 valence electrons. The van der Waals surface area contributed by atoms with E-state index in [4.69, 9.17) is 0 Å². The Bertz CT molecular complexity index is 131. The number of hydrogen-bond acceptors (Lipinski definition) is 2. The molecule has 2 nitrogen and oxygen atoms in total. The standard InChI is InChI=1S/C8H15NO/c1-9(2)7-4-3-5-8(10)6-7/h7H,3-6H2,1-2H3/t7-/m0/s1. The van der Waals surface area contributed by atoms with Gasteiger partial charge in [-0.15, -0.1) is 0 Å². The van der Waals surface area contributed by atoms with Gasteiger partial charge in [-0.05, 0) is 26.9 Å². The Hall–Kier alpha value is -0.370. The van der Waals surface area contributed by atoms with Crippen LogP contribution in [0.1, 0.15) is 25.7 Å². The monoisotopic (exact) mass is 141 g/mol. The average Bonchev–Trinajstić information content (AvgIpc) is 1.88. The maximum absolute atomic E-state index is 11.0. The quantitative estimate of drug-likeness (QED) is 0.544. The molecule has 0 aliphatic heterocycles. The van der Waals surface area contributed by atoms with E-state index in [1.807, 2.05) is 14.1 Å². The highest BCUT2D eigenvalue weighted by Crippen LogP contribution is 2.17. The highest BCUT2D eigenvalue weighted by atomic mass is 16.1. The molecule has 0 unspecified atom stereocenters. The predicted octanol–water partition coefficient (Wildman–Crippen LogP) is 1.06. The molecular formula is C8H15NO. The first-order valence-corrected chi connectivity index (χ1v) is 3.88. The first-order chi connectivity index (χ1) is 4.70. The SMILES string of the molecule is CN(C)[C@H]1CCCC(=O)C1. The minimum absolute atomic E-state index is 0.435. The Labute approximate surface area is 62.2 Å². The molecule has 10 heavy (non-hydrogen) atoms. The van der Waals surface area contributed by atoms with Gasteiger partial charge in [0.05, 0.1) is 0 Å². The third kappa shape index (κ3) is 1.81. The fourth-order valence-electron chi connectivity index (χ4n) is 1.44. The molecule has 0 saturated heterocycles. The second-order valence-corrected chi connectivity index (χ2v) is 3.25. The van der Waals surface area contributed by atoms with Crippen molar-refractivity contribution < 1.29 is 4.79 Å². The summed E-state index contributed by atoms with van der Waals surface area (Å²) in [6.07, 6.45) is 3.86. The van der Waals surface area contributed by atoms with Crippen molar-refractivity contribution in [3.63, 3.8) is 0 Å². The fourth-order valence-corrected chi connectivity index (χ4v) is 1.44. The van der Waals surface area contributed by atoms with E-state index < -0.39 is 0 Å². The minimum Gasteiger partial charge on any atom is -0.306 e. The second-order valence-electron chi connectivity index (χ2n) is 3.25. The van der Waals surface area contributed by atoms with Crippen LogP contribution in [0.4, 0.5) is 0 Å². The van der Waals surface area contributed by atoms with Crippen LogP contribution >= 0.6 is 0 Å². The lowest BCUT2D eigenvalue weighted by Crippen LogP contribution is -2.33. The Kier molecular flexibility index (Phi) is 2.44. The van der Waals surface area contributed by atoms with E-state index >= 15 is 0 Å². The first kappa shape index (κ1) is 7.73. The molecule has 1 saturated carbocycles. The van der Waals surface area contributed by atoms with Gasteiger partial charge in [0.15, 0.2) is 0 Å². The summed E-state index contributed by atoms with van der Waals surface area (Å²) in [5.41, 5.74) is 0. The molecule has 0 radical (unpaired) electrons. The van der Waals surface area contributed by atoms with E-state index in [9.17, 15) is 4.79 Å². The van der Waals surface area contributed by atoms with Gasteiger partial charge >= 0.3 is 0 Å². The normalized spacial score (nSPS) is 27.5. The zero-order chi connectivity index (χ0) is 7.56. The van der Waals surface area contributed by atoms with Crippen LogP contribution in [0.15, 0.2) is 0 Å². The molecule has 0 bridgehead atoms. The van der Waals surface area contributed by atoms with Crippen molar-refractivity contribution in [2.24, 2.45) is 0 Å². The molecule has 0 aromatic heterocycles. The minimum atomic E-state index is 0.435. The summed E-state index contributed by atoms with van der Waals surface area (Å²) in [4.78, 5) is 13.1. The van der Waals surface area contributed by atoms with Crippen LogP contribution in [0.2, 0.25) is 0 Å². The van der Waals surface area contributed by atoms with Crippen LogP contribution in [-0.2, 0) is 4.79 Å². The lowest BCUT2D eigenvalue weighted by Gasteiger charge is -2.26. The summed E-state index contributed by atoms with van der Waals surface area (Å²) in [6, 6.07) is 0.515. The summed E-state index contributed by atoms with van der Waals surface area (Å²) >= 11 is 0. The van der Waals surface area contributed by atoms with Gasteiger partial charge in [-0.25, -0.2) is 0 Å². The van der Waals surface area contributed by atoms with Gasteiger partial charge in [-0.2, -0.15) is 0 Å². The molecule has 1 fully saturated rings. The van der Waals surface area contributed by atoms with E-state index in [-0.39, 0.29) is 0 Å². The topological polar surface area (TPSA) is 20.3 Å². The Morgan fingerprint density at radius 2 is 2.20 bits per heavy atom. The molecule has 0 heterocycles. The first-order valence-electron chi connectivity index (χ1n) is 3.88. The third-order valence-electron chi connectivity index (χ3n) is 2.19. The number of hydrogen-bond donors (Lipinski definition) is 0. The van der Waals surface area contributed by atoms with Crippen LogP contribution in [0.25, 0.3) is 0 Å². The van der Waals surface area contributed by atoms with E-state index in [2.05, 4.69) is 4.90 Å². The number of carbonyl (C=O) groups is 1. The molecule has 1 atom stereocenters. The van der Waals surface area contributed by atoms with E-state index in [1.165, 1.54) is 6.42 Å². The summed E-state index contributed by atoms with van der Waals surface area (Å²) in [6.45, 7) is 0. The molecule has 0 N–H and O–H groups in total. The predicted molar refractivity (Wildman–Crippen MR) is 41.0 cm³/mol. The van der Waals surface area contributed by atoms with Gasteiger partial charge in [0.2, 0.25) is 0 Å². The molecule has 1 rings (SSSR count). The van der Waals surface area contributed by atoms with E-state index in [0.29, 0.717) is 11.8 Å². The van der Waals surface area contributed by atoms with Crippen LogP contribution in [0, 0.1) is 0 Å². The smallest absolute Gasteiger partial charge is 0.134 e. The molecular weight excluding hydrogens is 126 g/mol. The Morgan fingerprint density at radius 3 is 2.60 bits per heavy atom. The van der Waals surface area contributed by atoms with Gasteiger partial charge in [0.1, 0.15) is 5.78 Å². The largest absolute Gasteiger partial charge is 0.306 e. The van der Waals surface area contributed by atoms with Crippen molar-refractivity contribution in [2.45, 2.75) is 31.7 Å². The molecule has 0 aromatic carbocycles. The van der Waals surface area contributed by atoms with Crippen molar-refractivity contribution in [2.75, 3.05) is 14.1 Å². The van der Waals surface area contributed by atoms with E-state index in [0.717, 1.165) is 19.3 Å². The van der Waals surface area contributed by atoms with Crippen molar-refractivity contribution in [1.29, 1.82) is 0 Å². The van der Waals surface area contributed by atoms with Crippen LogP contribution in [-0.4, -0.2) is 30.8 Å². The maximum atomic E-state index is 11.0. The zero-order valence-electron chi connectivity index (χ0n) is 6.76. The van der Waals surface area contributed by atoms with Crippen molar-refractivity contribution in [3.05, 3.63) is 0 Å². The second kappa shape index (κ2) is 3.15. The number of nitrogens with zero attached hydrogens (tertiary/aromatic N) is 1. The molecule has 0 aromatic rings. The van der Waals surface area contributed by atoms with Crippen LogP contribution < -0.4 is 0 Å². The van der Waals surface area contributed by atoms with Crippen LogP contribution in [0.3, 0.4) is 0 Å². The van der Waals surface area contributed by atoms with E-state index in [1.54, 1.807) is 0 Å². The van der Waals surface area contributed by atoms with Gasteiger partial charge in [0, 0.05) is 18.9 Å². The zero-order valence-corrected chi connectivity index (χ0v) is 6.76. The number of Topliss-reactive ketones (excluding diaryl/α,β-unsaturated/α-hetero) is 1. The number of carbonyl (C=O) groups excluding carboxylic acids is 1. The third-order valence-corrected chi connectivity index (χ3v) is 2.19. The lowest BCUT2D eigenvalue weighted by atomic mass is 9.94. The summed E-state index contributed by atoms with van der Waals surface area (Å²) < 4.78 is 0. The number of rotatable bonds is 1. The van der Waals surface area contributed by atoms with Crippen LogP contribution in [0.5, 0.6) is 0 Å². The lowest BCUT2D eigenvalue weighted by molar-refractivity contribution is -0.121. The molecule has 1 aliphatic rings. The Morgan fingerprint density at radius 1 is 1.50 bits per heavy atom. The summed E-state index contributed by atoms with van der Waals surface area (Å²) in [5, 5.41) is 0. The average molecular weight is 141 g/mol. The highest BCUT2D eigenvalue weighted by Gasteiger charge is 2.20. The van der Waals surface area contributed by atoms with Crippen molar-refractivity contribution in [3.8, 4) is 0 Å². The van der Waals surface area contributed by atoms with Gasteiger partial charge in [0.25, 0.3) is 0 Å². The molecule has 2 heteroatoms. The van der Waals surface area contributed by atoms with Crippen molar-refractivity contribution >= 4 is 5.78 Å². The summed E-state index contributed by atoms with van der Waals surface area (Å²) in [5.74, 6) is 0.435.